The minimum Gasteiger partial charge on any atom is -0.444 e. The maximum Gasteiger partial charge on any atom is 0.408 e. The van der Waals surface area contributed by atoms with Crippen molar-refractivity contribution in [2.24, 2.45) is 0 Å². The minimum absolute atomic E-state index is 0.0401. The fraction of sp³-hybridized carbons (Fsp3) is 0.429. The highest BCUT2D eigenvalue weighted by Crippen LogP contribution is 2.47. The highest BCUT2D eigenvalue weighted by molar-refractivity contribution is 7.99. The van der Waals surface area contributed by atoms with Gasteiger partial charge < -0.3 is 20.1 Å². The molecule has 0 aromatic heterocycles. The van der Waals surface area contributed by atoms with Crippen LogP contribution in [0.5, 0.6) is 0 Å². The van der Waals surface area contributed by atoms with Gasteiger partial charge in [0, 0.05) is 29.3 Å². The zero-order valence-electron chi connectivity index (χ0n) is 20.5. The van der Waals surface area contributed by atoms with E-state index in [1.54, 1.807) is 20.8 Å². The highest BCUT2D eigenvalue weighted by atomic mass is 32.2. The topological polar surface area (TPSA) is 78.9 Å². The van der Waals surface area contributed by atoms with Gasteiger partial charge in [0.05, 0.1) is 18.1 Å². The summed E-state index contributed by atoms with van der Waals surface area (Å²) < 4.78 is 5.33. The molecular weight excluding hydrogens is 460 g/mol. The summed E-state index contributed by atoms with van der Waals surface area (Å²) in [6.07, 6.45) is 0.746. The summed E-state index contributed by atoms with van der Waals surface area (Å²) in [4.78, 5) is 29.8. The van der Waals surface area contributed by atoms with Gasteiger partial charge in [-0.3, -0.25) is 4.79 Å². The fourth-order valence-electron chi connectivity index (χ4n) is 4.99. The zero-order chi connectivity index (χ0) is 24.8. The molecule has 0 bridgehead atoms. The number of amides is 2. The van der Waals surface area contributed by atoms with Crippen LogP contribution < -0.4 is 5.32 Å². The monoisotopic (exact) mass is 492 g/mol. The molecule has 1 saturated carbocycles. The lowest BCUT2D eigenvalue weighted by atomic mass is 9.88. The molecule has 6 nitrogen and oxygen atoms in total. The quantitative estimate of drug-likeness (QED) is 0.538. The lowest BCUT2D eigenvalue weighted by molar-refractivity contribution is -0.132. The number of nitrogens with one attached hydrogen (secondary N) is 1. The van der Waals surface area contributed by atoms with Crippen molar-refractivity contribution in [2.75, 3.05) is 13.1 Å². The summed E-state index contributed by atoms with van der Waals surface area (Å²) in [6, 6.07) is 17.1. The van der Waals surface area contributed by atoms with E-state index in [9.17, 15) is 14.7 Å². The van der Waals surface area contributed by atoms with Gasteiger partial charge in [0.15, 0.2) is 0 Å². The van der Waals surface area contributed by atoms with Crippen LogP contribution in [0.4, 0.5) is 4.79 Å². The van der Waals surface area contributed by atoms with Crippen LogP contribution in [0, 0.1) is 0 Å². The largest absolute Gasteiger partial charge is 0.444 e. The summed E-state index contributed by atoms with van der Waals surface area (Å²) in [5, 5.41) is 13.0. The van der Waals surface area contributed by atoms with E-state index in [-0.39, 0.29) is 12.3 Å². The maximum absolute atomic E-state index is 13.1. The van der Waals surface area contributed by atoms with Gasteiger partial charge in [0.1, 0.15) is 5.60 Å². The second-order valence-corrected chi connectivity index (χ2v) is 11.7. The molecule has 2 N–H and O–H groups in total. The Labute approximate surface area is 210 Å². The normalized spacial score (nSPS) is 23.3. The molecule has 0 radical (unpaired) electrons. The third-order valence-corrected chi connectivity index (χ3v) is 8.01. The van der Waals surface area contributed by atoms with Crippen LogP contribution in [0.15, 0.2) is 63.9 Å². The lowest BCUT2D eigenvalue weighted by Gasteiger charge is -2.33. The number of aliphatic hydroxyl groups is 1. The first-order valence-electron chi connectivity index (χ1n) is 12.2. The Hall–Kier alpha value is -2.77. The first-order valence-corrected chi connectivity index (χ1v) is 13.0. The average Bonchev–Trinajstić information content (AvgIpc) is 3.43. The summed E-state index contributed by atoms with van der Waals surface area (Å²) in [5.41, 5.74) is 3.67. The second-order valence-electron chi connectivity index (χ2n) is 10.6. The molecule has 0 spiro atoms. The number of nitrogens with zero attached hydrogens (tertiary/aromatic N) is 1. The number of hydrogen-bond donors (Lipinski definition) is 2. The Morgan fingerprint density at radius 3 is 2.11 bits per heavy atom. The lowest BCUT2D eigenvalue weighted by Crippen LogP contribution is -2.47. The highest BCUT2D eigenvalue weighted by Gasteiger charge is 2.57. The van der Waals surface area contributed by atoms with Crippen molar-refractivity contribution < 1.29 is 19.4 Å². The van der Waals surface area contributed by atoms with E-state index in [1.807, 2.05) is 16.7 Å². The van der Waals surface area contributed by atoms with Gasteiger partial charge in [-0.1, -0.05) is 53.7 Å². The van der Waals surface area contributed by atoms with Crippen molar-refractivity contribution in [3.8, 4) is 0 Å². The second kappa shape index (κ2) is 9.03. The third-order valence-electron chi connectivity index (χ3n) is 6.86. The van der Waals surface area contributed by atoms with Gasteiger partial charge in [-0.15, -0.1) is 0 Å². The van der Waals surface area contributed by atoms with E-state index in [2.05, 4.69) is 53.8 Å². The molecule has 35 heavy (non-hydrogen) atoms. The van der Waals surface area contributed by atoms with E-state index >= 15 is 0 Å². The Kier molecular flexibility index (Phi) is 6.18. The molecule has 2 atom stereocenters. The van der Waals surface area contributed by atoms with Gasteiger partial charge in [0.25, 0.3) is 0 Å². The Bertz CT molecular complexity index is 1140. The molecule has 0 unspecified atom stereocenters. The predicted molar refractivity (Wildman–Crippen MR) is 136 cm³/mol. The molecule has 2 aromatic carbocycles. The Balaban J connectivity index is 1.29. The molecule has 2 aliphatic heterocycles. The first kappa shape index (κ1) is 23.9. The molecule has 2 fully saturated rings. The number of carbonyl (C=O) groups is 2. The number of benzene rings is 2. The number of rotatable bonds is 3. The van der Waals surface area contributed by atoms with Gasteiger partial charge >= 0.3 is 6.09 Å². The number of fused-ring (bicyclic) bond motifs is 2. The van der Waals surface area contributed by atoms with E-state index in [0.717, 1.165) is 12.8 Å². The number of aliphatic hydroxyl groups excluding tert-OH is 1. The van der Waals surface area contributed by atoms with Crippen LogP contribution in [0.2, 0.25) is 0 Å². The van der Waals surface area contributed by atoms with Crippen molar-refractivity contribution in [2.45, 2.75) is 73.5 Å². The molecule has 3 aliphatic rings. The summed E-state index contributed by atoms with van der Waals surface area (Å²) in [6.45, 7) is 6.63. The standard InChI is InChI=1S/C28H32N2O4S/c1-27(2,3)34-26(33)29-28(16-23(28)31)17-24(32)30-14-12-18(13-15-30)25-19-8-4-6-10-21(19)35-22-11-7-5-9-20(22)25/h4-11,23,31H,12-17H2,1-3H3,(H,29,33)/t23-,28-/m1/s1. The molecule has 2 aromatic rings. The van der Waals surface area contributed by atoms with Gasteiger partial charge in [-0.2, -0.15) is 0 Å². The molecule has 1 aliphatic carbocycles. The van der Waals surface area contributed by atoms with E-state index in [1.165, 1.54) is 32.1 Å². The number of carbonyl (C=O) groups excluding carboxylic acids is 2. The van der Waals surface area contributed by atoms with E-state index in [0.29, 0.717) is 19.5 Å². The van der Waals surface area contributed by atoms with Crippen molar-refractivity contribution in [3.05, 3.63) is 65.2 Å². The number of alkyl carbamates (subject to hydrolysis) is 1. The van der Waals surface area contributed by atoms with Gasteiger partial charge in [-0.25, -0.2) is 4.79 Å². The third kappa shape index (κ3) is 4.98. The van der Waals surface area contributed by atoms with Crippen molar-refractivity contribution >= 4 is 29.3 Å². The smallest absolute Gasteiger partial charge is 0.408 e. The number of piperidine rings is 1. The molecular formula is C28H32N2O4S. The molecule has 7 heteroatoms. The summed E-state index contributed by atoms with van der Waals surface area (Å²) in [7, 11) is 0. The number of hydrogen-bond acceptors (Lipinski definition) is 5. The van der Waals surface area contributed by atoms with Crippen LogP contribution in [0.25, 0.3) is 5.57 Å². The Morgan fingerprint density at radius 2 is 1.60 bits per heavy atom. The molecule has 5 rings (SSSR count). The fourth-order valence-corrected chi connectivity index (χ4v) is 6.08. The van der Waals surface area contributed by atoms with Crippen LogP contribution in [-0.2, 0) is 9.53 Å². The molecule has 1 saturated heterocycles. The summed E-state index contributed by atoms with van der Waals surface area (Å²) in [5.74, 6) is -0.0401. The van der Waals surface area contributed by atoms with Crippen molar-refractivity contribution in [1.82, 2.24) is 10.2 Å². The van der Waals surface area contributed by atoms with Crippen LogP contribution in [0.3, 0.4) is 0 Å². The van der Waals surface area contributed by atoms with Crippen molar-refractivity contribution in [1.29, 1.82) is 0 Å². The van der Waals surface area contributed by atoms with Crippen molar-refractivity contribution in [3.63, 3.8) is 0 Å². The predicted octanol–water partition coefficient (Wildman–Crippen LogP) is 4.99. The number of ether oxygens (including phenoxy) is 1. The maximum atomic E-state index is 13.1. The van der Waals surface area contributed by atoms with E-state index in [4.69, 9.17) is 4.74 Å². The first-order chi connectivity index (χ1) is 16.7. The van der Waals surface area contributed by atoms with Gasteiger partial charge in [-0.05, 0) is 62.4 Å². The van der Waals surface area contributed by atoms with Crippen LogP contribution >= 0.6 is 11.8 Å². The molecule has 184 valence electrons. The SMILES string of the molecule is CC(C)(C)OC(=O)N[C@@]1(CC(=O)N2CCC(=C3c4ccccc4Sc4ccccc43)CC2)C[C@H]1O. The zero-order valence-corrected chi connectivity index (χ0v) is 21.3. The minimum atomic E-state index is -0.920. The van der Waals surface area contributed by atoms with Crippen LogP contribution in [0.1, 0.15) is 57.6 Å². The average molecular weight is 493 g/mol. The molecule has 2 amide bonds. The number of likely N-dealkylation sites (tertiary alicyclic amines) is 1. The van der Waals surface area contributed by atoms with E-state index < -0.39 is 23.3 Å². The van der Waals surface area contributed by atoms with Gasteiger partial charge in [0.2, 0.25) is 5.91 Å². The summed E-state index contributed by atoms with van der Waals surface area (Å²) >= 11 is 1.81. The Morgan fingerprint density at radius 1 is 1.06 bits per heavy atom. The molecule has 2 heterocycles. The van der Waals surface area contributed by atoms with Crippen LogP contribution in [-0.4, -0.2) is 52.3 Å².